The van der Waals surface area contributed by atoms with Gasteiger partial charge < -0.3 is 9.74 Å². The summed E-state index contributed by atoms with van der Waals surface area (Å²) in [6, 6.07) is 14.0. The molecule has 0 aliphatic heterocycles. The normalized spacial score (nSPS) is 13.9. The molecule has 4 nitrogen and oxygen atoms in total. The van der Waals surface area contributed by atoms with Crippen molar-refractivity contribution in [2.45, 2.75) is 64.7 Å². The maximum absolute atomic E-state index is 15.4. The van der Waals surface area contributed by atoms with Gasteiger partial charge in [0.2, 0.25) is 0 Å². The van der Waals surface area contributed by atoms with Crippen molar-refractivity contribution in [2.24, 2.45) is 0 Å². The molecule has 32 heavy (non-hydrogen) atoms. The van der Waals surface area contributed by atoms with Gasteiger partial charge in [0.25, 0.3) is 5.92 Å². The number of nitrogens with one attached hydrogen (secondary N) is 1. The molecule has 1 heterocycles. The first kappa shape index (κ1) is 24.3. The van der Waals surface area contributed by atoms with Crippen molar-refractivity contribution in [3.63, 3.8) is 0 Å². The van der Waals surface area contributed by atoms with Gasteiger partial charge in [-0.05, 0) is 49.7 Å². The van der Waals surface area contributed by atoms with Gasteiger partial charge in [-0.1, -0.05) is 57.2 Å². The van der Waals surface area contributed by atoms with E-state index in [1.54, 1.807) is 18.2 Å². The number of para-hydroxylation sites is 1. The first-order valence-electron chi connectivity index (χ1n) is 10.9. The molecule has 0 bridgehead atoms. The largest absolute Gasteiger partial charge is 0.410 e. The Morgan fingerprint density at radius 3 is 2.31 bits per heavy atom. The molecule has 7 heteroatoms. The Hall–Kier alpha value is -2.38. The Bertz CT molecular complexity index is 1100. The number of nitrogens with zero attached hydrogens (tertiary/aromatic N) is 2. The van der Waals surface area contributed by atoms with Gasteiger partial charge in [0, 0.05) is 10.9 Å². The summed E-state index contributed by atoms with van der Waals surface area (Å²) in [4.78, 5) is 8.98. The van der Waals surface area contributed by atoms with E-state index in [1.165, 1.54) is 6.07 Å². The third kappa shape index (κ3) is 5.15. The molecular formula is C25H33F2N3OSi. The zero-order valence-corrected chi connectivity index (χ0v) is 21.0. The average Bonchev–Trinajstić information content (AvgIpc) is 2.71. The van der Waals surface area contributed by atoms with E-state index in [4.69, 9.17) is 4.43 Å². The fourth-order valence-electron chi connectivity index (χ4n) is 3.36. The Morgan fingerprint density at radius 2 is 1.62 bits per heavy atom. The Kier molecular flexibility index (Phi) is 6.72. The fourth-order valence-corrected chi connectivity index (χ4v) is 4.33. The van der Waals surface area contributed by atoms with Crippen molar-refractivity contribution in [3.8, 4) is 0 Å². The van der Waals surface area contributed by atoms with Gasteiger partial charge >= 0.3 is 0 Å². The molecule has 1 atom stereocenters. The van der Waals surface area contributed by atoms with E-state index < -0.39 is 20.8 Å². The fraction of sp³-hybridized carbons (Fsp3) is 0.440. The van der Waals surface area contributed by atoms with E-state index in [0.29, 0.717) is 17.2 Å². The maximum Gasteiger partial charge on any atom is 0.295 e. The smallest absolute Gasteiger partial charge is 0.295 e. The van der Waals surface area contributed by atoms with Crippen molar-refractivity contribution < 1.29 is 13.2 Å². The summed E-state index contributed by atoms with van der Waals surface area (Å²) >= 11 is 0. The predicted molar refractivity (Wildman–Crippen MR) is 130 cm³/mol. The zero-order valence-electron chi connectivity index (χ0n) is 20.0. The maximum atomic E-state index is 15.4. The lowest BCUT2D eigenvalue weighted by atomic mass is 9.97. The summed E-state index contributed by atoms with van der Waals surface area (Å²) in [5.41, 5.74) is 1.32. The number of halogens is 2. The van der Waals surface area contributed by atoms with Gasteiger partial charge in [0.15, 0.2) is 8.32 Å². The van der Waals surface area contributed by atoms with Gasteiger partial charge in [0.1, 0.15) is 18.2 Å². The third-order valence-electron chi connectivity index (χ3n) is 6.31. The molecule has 172 valence electrons. The molecule has 0 spiro atoms. The molecule has 0 amide bonds. The highest BCUT2D eigenvalue weighted by molar-refractivity contribution is 6.74. The van der Waals surface area contributed by atoms with Gasteiger partial charge in [-0.15, -0.1) is 0 Å². The van der Waals surface area contributed by atoms with Crippen LogP contribution < -0.4 is 5.32 Å². The van der Waals surface area contributed by atoms with E-state index >= 15 is 8.78 Å². The number of rotatable bonds is 7. The van der Waals surface area contributed by atoms with E-state index in [0.717, 1.165) is 10.9 Å². The lowest BCUT2D eigenvalue weighted by Gasteiger charge is -2.37. The Morgan fingerprint density at radius 1 is 1.00 bits per heavy atom. The molecule has 1 N–H and O–H groups in total. The van der Waals surface area contributed by atoms with Crippen LogP contribution in [0.2, 0.25) is 18.1 Å². The summed E-state index contributed by atoms with van der Waals surface area (Å²) in [6.07, 6.45) is 0. The molecule has 0 aliphatic rings. The lowest BCUT2D eigenvalue weighted by molar-refractivity contribution is -0.0516. The number of anilines is 1. The number of benzene rings is 2. The number of aromatic nitrogens is 2. The summed E-state index contributed by atoms with van der Waals surface area (Å²) in [5, 5.41) is 4.06. The van der Waals surface area contributed by atoms with Gasteiger partial charge in [-0.3, -0.25) is 0 Å². The summed E-state index contributed by atoms with van der Waals surface area (Å²) < 4.78 is 36.7. The minimum atomic E-state index is -3.11. The van der Waals surface area contributed by atoms with Gasteiger partial charge in [-0.25, -0.2) is 9.97 Å². The molecule has 0 saturated carbocycles. The molecule has 0 fully saturated rings. The lowest BCUT2D eigenvalue weighted by Crippen LogP contribution is -2.43. The summed E-state index contributed by atoms with van der Waals surface area (Å²) in [7, 11) is -2.30. The second-order valence-electron chi connectivity index (χ2n) is 9.84. The standard InChI is InChI=1S/C25H33F2N3OSi/c1-17(28-23-20-13-9-11-15-22(20)29-18(2)30-23)19-12-8-10-14-21(19)25(26,27)16-31-32(6,7)24(3,4)5/h8-15,17H,16H2,1-7H3,(H,28,29,30). The summed E-state index contributed by atoms with van der Waals surface area (Å²) in [6.45, 7) is 13.2. The highest BCUT2D eigenvalue weighted by Gasteiger charge is 2.42. The van der Waals surface area contributed by atoms with Crippen LogP contribution in [0.15, 0.2) is 48.5 Å². The SMILES string of the molecule is Cc1nc(NC(C)c2ccccc2C(F)(F)CO[Si](C)(C)C(C)(C)C)c2ccccc2n1. The van der Waals surface area contributed by atoms with E-state index in [1.807, 2.05) is 72.0 Å². The van der Waals surface area contributed by atoms with E-state index in [2.05, 4.69) is 15.3 Å². The van der Waals surface area contributed by atoms with Crippen molar-refractivity contribution in [1.82, 2.24) is 9.97 Å². The number of hydrogen-bond donors (Lipinski definition) is 1. The van der Waals surface area contributed by atoms with Gasteiger partial charge in [0.05, 0.1) is 11.6 Å². The minimum Gasteiger partial charge on any atom is -0.410 e. The minimum absolute atomic E-state index is 0.0196. The van der Waals surface area contributed by atoms with Crippen LogP contribution in [0.4, 0.5) is 14.6 Å². The molecule has 3 aromatic rings. The van der Waals surface area contributed by atoms with Crippen LogP contribution in [0.1, 0.15) is 50.7 Å². The molecule has 1 unspecified atom stereocenters. The van der Waals surface area contributed by atoms with Crippen LogP contribution in [0.5, 0.6) is 0 Å². The van der Waals surface area contributed by atoms with Gasteiger partial charge in [-0.2, -0.15) is 8.78 Å². The van der Waals surface area contributed by atoms with Crippen LogP contribution in [-0.4, -0.2) is 24.9 Å². The monoisotopic (exact) mass is 457 g/mol. The van der Waals surface area contributed by atoms with Crippen LogP contribution in [0.25, 0.3) is 10.9 Å². The van der Waals surface area contributed by atoms with Crippen molar-refractivity contribution >= 4 is 25.0 Å². The number of fused-ring (bicyclic) bond motifs is 1. The Balaban J connectivity index is 1.89. The molecule has 0 radical (unpaired) electrons. The van der Waals surface area contributed by atoms with Crippen LogP contribution in [0.3, 0.4) is 0 Å². The summed E-state index contributed by atoms with van der Waals surface area (Å²) in [5.74, 6) is -1.85. The Labute approximate surface area is 190 Å². The van der Waals surface area contributed by atoms with Crippen LogP contribution >= 0.6 is 0 Å². The van der Waals surface area contributed by atoms with E-state index in [9.17, 15) is 0 Å². The highest BCUT2D eigenvalue weighted by atomic mass is 28.4. The molecule has 0 aliphatic carbocycles. The molecule has 1 aromatic heterocycles. The van der Waals surface area contributed by atoms with Crippen molar-refractivity contribution in [1.29, 1.82) is 0 Å². The first-order chi connectivity index (χ1) is 14.8. The van der Waals surface area contributed by atoms with Crippen molar-refractivity contribution in [2.75, 3.05) is 11.9 Å². The molecule has 3 rings (SSSR count). The van der Waals surface area contributed by atoms with E-state index in [-0.39, 0.29) is 16.6 Å². The third-order valence-corrected chi connectivity index (χ3v) is 10.8. The predicted octanol–water partition coefficient (Wildman–Crippen LogP) is 7.22. The number of hydrogen-bond acceptors (Lipinski definition) is 4. The highest BCUT2D eigenvalue weighted by Crippen LogP contribution is 2.40. The molecular weight excluding hydrogens is 424 g/mol. The quantitative estimate of drug-likeness (QED) is 0.380. The van der Waals surface area contributed by atoms with Crippen molar-refractivity contribution in [3.05, 3.63) is 65.5 Å². The molecule has 2 aromatic carbocycles. The van der Waals surface area contributed by atoms with Crippen LogP contribution in [0, 0.1) is 6.92 Å². The van der Waals surface area contributed by atoms with Crippen LogP contribution in [-0.2, 0) is 10.3 Å². The zero-order chi connectivity index (χ0) is 23.7. The average molecular weight is 458 g/mol. The number of alkyl halides is 2. The second-order valence-corrected chi connectivity index (χ2v) is 14.7. The topological polar surface area (TPSA) is 47.0 Å². The second kappa shape index (κ2) is 8.87. The molecule has 0 saturated heterocycles. The first-order valence-corrected chi connectivity index (χ1v) is 13.8. The number of aryl methyl sites for hydroxylation is 1.